The first-order chi connectivity index (χ1) is 13.6. The van der Waals surface area contributed by atoms with E-state index < -0.39 is 0 Å². The second-order valence-corrected chi connectivity index (χ2v) is 6.18. The normalized spacial score (nSPS) is 10.2. The molecule has 0 aliphatic carbocycles. The fourth-order valence-corrected chi connectivity index (χ4v) is 2.65. The molecule has 0 spiro atoms. The highest BCUT2D eigenvalue weighted by molar-refractivity contribution is 6.33. The highest BCUT2D eigenvalue weighted by Gasteiger charge is 2.10. The van der Waals surface area contributed by atoms with E-state index in [1.807, 2.05) is 30.3 Å². The number of hydrogen-bond acceptors (Lipinski definition) is 6. The summed E-state index contributed by atoms with van der Waals surface area (Å²) in [5.41, 5.74) is 1.92. The summed E-state index contributed by atoms with van der Waals surface area (Å²) in [7, 11) is 3.14. The van der Waals surface area contributed by atoms with Crippen LogP contribution in [0.4, 0.5) is 11.6 Å². The number of halogens is 1. The summed E-state index contributed by atoms with van der Waals surface area (Å²) in [6.45, 7) is 0.332. The SMILES string of the molecule is COc1ccc(CNC(=O)c2cnc(Nc3ccccc3Cl)nc2)cc1OC. The Morgan fingerprint density at radius 3 is 2.43 bits per heavy atom. The summed E-state index contributed by atoms with van der Waals surface area (Å²) in [5, 5.41) is 6.39. The summed E-state index contributed by atoms with van der Waals surface area (Å²) in [4.78, 5) is 20.7. The van der Waals surface area contributed by atoms with Crippen molar-refractivity contribution in [2.75, 3.05) is 19.5 Å². The number of carbonyl (C=O) groups excluding carboxylic acids is 1. The number of aromatic nitrogens is 2. The van der Waals surface area contributed by atoms with Crippen LogP contribution in [-0.2, 0) is 6.54 Å². The lowest BCUT2D eigenvalue weighted by atomic mass is 10.2. The van der Waals surface area contributed by atoms with Crippen LogP contribution in [0.15, 0.2) is 54.9 Å². The van der Waals surface area contributed by atoms with E-state index in [0.29, 0.717) is 40.3 Å². The average Bonchev–Trinajstić information content (AvgIpc) is 2.74. The van der Waals surface area contributed by atoms with Crippen LogP contribution in [0.3, 0.4) is 0 Å². The van der Waals surface area contributed by atoms with Crippen LogP contribution in [0.5, 0.6) is 11.5 Å². The fourth-order valence-electron chi connectivity index (χ4n) is 2.47. The van der Waals surface area contributed by atoms with Crippen LogP contribution in [-0.4, -0.2) is 30.1 Å². The Bertz CT molecular complexity index is 964. The van der Waals surface area contributed by atoms with Crippen molar-refractivity contribution in [3.8, 4) is 11.5 Å². The first-order valence-corrected chi connectivity index (χ1v) is 8.81. The third kappa shape index (κ3) is 4.69. The zero-order valence-corrected chi connectivity index (χ0v) is 16.2. The molecule has 0 aliphatic heterocycles. The van der Waals surface area contributed by atoms with Crippen LogP contribution in [0.2, 0.25) is 5.02 Å². The molecule has 2 N–H and O–H groups in total. The monoisotopic (exact) mass is 398 g/mol. The minimum Gasteiger partial charge on any atom is -0.493 e. The molecule has 1 amide bonds. The van der Waals surface area contributed by atoms with Crippen molar-refractivity contribution in [3.63, 3.8) is 0 Å². The first kappa shape index (κ1) is 19.4. The lowest BCUT2D eigenvalue weighted by Gasteiger charge is -2.10. The molecule has 0 unspecified atom stereocenters. The number of nitrogens with one attached hydrogen (secondary N) is 2. The molecule has 8 heteroatoms. The highest BCUT2D eigenvalue weighted by Crippen LogP contribution is 2.27. The quantitative estimate of drug-likeness (QED) is 0.629. The molecule has 0 aliphatic rings. The molecule has 7 nitrogen and oxygen atoms in total. The molecular weight excluding hydrogens is 380 g/mol. The maximum Gasteiger partial charge on any atom is 0.254 e. The van der Waals surface area contributed by atoms with Gasteiger partial charge >= 0.3 is 0 Å². The standard InChI is InChI=1S/C20H19ClN4O3/c1-27-17-8-7-13(9-18(17)28-2)10-22-19(26)14-11-23-20(24-12-14)25-16-6-4-3-5-15(16)21/h3-9,11-12H,10H2,1-2H3,(H,22,26)(H,23,24,25). The molecule has 1 aromatic heterocycles. The van der Waals surface area contributed by atoms with E-state index in [4.69, 9.17) is 21.1 Å². The van der Waals surface area contributed by atoms with Gasteiger partial charge in [-0.15, -0.1) is 0 Å². The molecule has 0 radical (unpaired) electrons. The lowest BCUT2D eigenvalue weighted by Crippen LogP contribution is -2.23. The molecule has 144 valence electrons. The average molecular weight is 399 g/mol. The Labute approximate surface area is 167 Å². The summed E-state index contributed by atoms with van der Waals surface area (Å²) in [5.74, 6) is 1.31. The van der Waals surface area contributed by atoms with Gasteiger partial charge in [-0.25, -0.2) is 9.97 Å². The number of anilines is 2. The van der Waals surface area contributed by atoms with Crippen molar-refractivity contribution < 1.29 is 14.3 Å². The van der Waals surface area contributed by atoms with E-state index in [1.54, 1.807) is 26.4 Å². The van der Waals surface area contributed by atoms with Gasteiger partial charge in [0.25, 0.3) is 5.91 Å². The Kier molecular flexibility index (Phi) is 6.29. The van der Waals surface area contributed by atoms with Gasteiger partial charge in [-0.05, 0) is 29.8 Å². The van der Waals surface area contributed by atoms with E-state index in [2.05, 4.69) is 20.6 Å². The Morgan fingerprint density at radius 2 is 1.75 bits per heavy atom. The van der Waals surface area contributed by atoms with Crippen molar-refractivity contribution in [1.29, 1.82) is 0 Å². The zero-order valence-electron chi connectivity index (χ0n) is 15.4. The van der Waals surface area contributed by atoms with Crippen molar-refractivity contribution in [2.45, 2.75) is 6.54 Å². The van der Waals surface area contributed by atoms with Crippen LogP contribution >= 0.6 is 11.6 Å². The molecule has 3 aromatic rings. The van der Waals surface area contributed by atoms with Crippen LogP contribution in [0.25, 0.3) is 0 Å². The van der Waals surface area contributed by atoms with E-state index >= 15 is 0 Å². The number of hydrogen-bond donors (Lipinski definition) is 2. The summed E-state index contributed by atoms with van der Waals surface area (Å²) >= 11 is 6.10. The number of rotatable bonds is 7. The van der Waals surface area contributed by atoms with Gasteiger partial charge in [0.05, 0.1) is 30.5 Å². The first-order valence-electron chi connectivity index (χ1n) is 8.43. The van der Waals surface area contributed by atoms with Gasteiger partial charge < -0.3 is 20.1 Å². The van der Waals surface area contributed by atoms with Crippen molar-refractivity contribution in [3.05, 3.63) is 71.0 Å². The summed E-state index contributed by atoms with van der Waals surface area (Å²) in [6.07, 6.45) is 2.91. The van der Waals surface area contributed by atoms with Gasteiger partial charge in [-0.2, -0.15) is 0 Å². The number of benzene rings is 2. The smallest absolute Gasteiger partial charge is 0.254 e. The third-order valence-electron chi connectivity index (χ3n) is 3.94. The van der Waals surface area contributed by atoms with Crippen molar-refractivity contribution in [1.82, 2.24) is 15.3 Å². The van der Waals surface area contributed by atoms with Crippen LogP contribution < -0.4 is 20.1 Å². The number of methoxy groups -OCH3 is 2. The van der Waals surface area contributed by atoms with Gasteiger partial charge in [0.1, 0.15) is 0 Å². The fraction of sp³-hybridized carbons (Fsp3) is 0.150. The number of carbonyl (C=O) groups is 1. The zero-order chi connectivity index (χ0) is 19.9. The van der Waals surface area contributed by atoms with Gasteiger partial charge in [0, 0.05) is 18.9 Å². The molecule has 1 heterocycles. The van der Waals surface area contributed by atoms with Crippen LogP contribution in [0.1, 0.15) is 15.9 Å². The summed E-state index contributed by atoms with van der Waals surface area (Å²) < 4.78 is 10.5. The van der Waals surface area contributed by atoms with E-state index in [-0.39, 0.29) is 5.91 Å². The van der Waals surface area contributed by atoms with Gasteiger partial charge in [-0.3, -0.25) is 4.79 Å². The molecule has 0 saturated carbocycles. The molecular formula is C20H19ClN4O3. The largest absolute Gasteiger partial charge is 0.493 e. The molecule has 0 bridgehead atoms. The number of para-hydroxylation sites is 1. The van der Waals surface area contributed by atoms with Gasteiger partial charge in [-0.1, -0.05) is 29.8 Å². The lowest BCUT2D eigenvalue weighted by molar-refractivity contribution is 0.0950. The highest BCUT2D eigenvalue weighted by atomic mass is 35.5. The van der Waals surface area contributed by atoms with Crippen molar-refractivity contribution in [2.24, 2.45) is 0 Å². The van der Waals surface area contributed by atoms with Crippen molar-refractivity contribution >= 4 is 29.1 Å². The number of nitrogens with zero attached hydrogens (tertiary/aromatic N) is 2. The van der Waals surface area contributed by atoms with Gasteiger partial charge in [0.15, 0.2) is 11.5 Å². The predicted molar refractivity (Wildman–Crippen MR) is 107 cm³/mol. The Hall–Kier alpha value is -3.32. The topological polar surface area (TPSA) is 85.4 Å². The molecule has 0 fully saturated rings. The van der Waals surface area contributed by atoms with E-state index in [9.17, 15) is 4.79 Å². The second-order valence-electron chi connectivity index (χ2n) is 5.77. The van der Waals surface area contributed by atoms with E-state index in [0.717, 1.165) is 5.56 Å². The predicted octanol–water partition coefficient (Wildman–Crippen LogP) is 3.82. The number of amides is 1. The Morgan fingerprint density at radius 1 is 1.04 bits per heavy atom. The maximum absolute atomic E-state index is 12.3. The minimum absolute atomic E-state index is 0.279. The second kappa shape index (κ2) is 9.05. The third-order valence-corrected chi connectivity index (χ3v) is 4.26. The Balaban J connectivity index is 1.61. The molecule has 28 heavy (non-hydrogen) atoms. The molecule has 3 rings (SSSR count). The molecule has 0 atom stereocenters. The van der Waals surface area contributed by atoms with Gasteiger partial charge in [0.2, 0.25) is 5.95 Å². The summed E-state index contributed by atoms with van der Waals surface area (Å²) in [6, 6.07) is 12.7. The molecule has 2 aromatic carbocycles. The number of ether oxygens (including phenoxy) is 2. The van der Waals surface area contributed by atoms with E-state index in [1.165, 1.54) is 12.4 Å². The maximum atomic E-state index is 12.3. The molecule has 0 saturated heterocycles. The van der Waals surface area contributed by atoms with Crippen LogP contribution in [0, 0.1) is 0 Å². The minimum atomic E-state index is -0.279.